The number of rotatable bonds is 7. The first-order valence-corrected chi connectivity index (χ1v) is 13.0. The summed E-state index contributed by atoms with van der Waals surface area (Å²) in [5, 5.41) is 10.1. The van der Waals surface area contributed by atoms with Crippen LogP contribution < -0.4 is 16.0 Å². The zero-order valence-corrected chi connectivity index (χ0v) is 20.8. The van der Waals surface area contributed by atoms with E-state index in [1.54, 1.807) is 31.7 Å². The van der Waals surface area contributed by atoms with E-state index in [2.05, 4.69) is 44.8 Å². The summed E-state index contributed by atoms with van der Waals surface area (Å²) in [5.74, 6) is 0.635. The molecule has 9 nitrogen and oxygen atoms in total. The molecule has 1 unspecified atom stereocenters. The van der Waals surface area contributed by atoms with Gasteiger partial charge in [0.05, 0.1) is 23.5 Å². The molecule has 0 saturated carbocycles. The third kappa shape index (κ3) is 5.17. The molecule has 10 heteroatoms. The number of pyridine rings is 2. The number of aromatic nitrogens is 2. The minimum absolute atomic E-state index is 0.0338. The summed E-state index contributed by atoms with van der Waals surface area (Å²) in [6, 6.07) is 10.5. The third-order valence-corrected chi connectivity index (χ3v) is 6.95. The Morgan fingerprint density at radius 1 is 1.14 bits per heavy atom. The molecule has 1 aliphatic heterocycles. The molecule has 3 aromatic rings. The molecule has 2 aromatic heterocycles. The van der Waals surface area contributed by atoms with Crippen molar-refractivity contribution in [1.29, 1.82) is 0 Å². The molecule has 0 bridgehead atoms. The van der Waals surface area contributed by atoms with E-state index in [1.807, 2.05) is 24.3 Å². The first kappa shape index (κ1) is 24.3. The number of hydrogen-bond donors (Lipinski definition) is 3. The lowest BCUT2D eigenvalue weighted by Crippen LogP contribution is -2.37. The van der Waals surface area contributed by atoms with Crippen LogP contribution in [0.4, 0.5) is 0 Å². The number of fused-ring (bicyclic) bond motifs is 1. The molecule has 0 spiro atoms. The van der Waals surface area contributed by atoms with Gasteiger partial charge in [0.1, 0.15) is 5.82 Å². The molecule has 1 amide bonds. The lowest BCUT2D eigenvalue weighted by molar-refractivity contribution is 0.0964. The van der Waals surface area contributed by atoms with Gasteiger partial charge in [-0.15, -0.1) is 0 Å². The van der Waals surface area contributed by atoms with Crippen molar-refractivity contribution in [2.45, 2.75) is 30.3 Å². The predicted octanol–water partition coefficient (Wildman–Crippen LogP) is 2.47. The van der Waals surface area contributed by atoms with Crippen LogP contribution in [0.1, 0.15) is 41.4 Å². The number of amides is 1. The fourth-order valence-electron chi connectivity index (χ4n) is 3.98. The lowest BCUT2D eigenvalue weighted by Gasteiger charge is -2.29. The Bertz CT molecular complexity index is 1430. The summed E-state index contributed by atoms with van der Waals surface area (Å²) < 4.78 is 23.3. The van der Waals surface area contributed by atoms with Crippen molar-refractivity contribution >= 4 is 33.0 Å². The van der Waals surface area contributed by atoms with Gasteiger partial charge in [-0.3, -0.25) is 14.8 Å². The predicted molar refractivity (Wildman–Crippen MR) is 136 cm³/mol. The second kappa shape index (κ2) is 9.46. The van der Waals surface area contributed by atoms with E-state index in [-0.39, 0.29) is 22.4 Å². The summed E-state index contributed by atoms with van der Waals surface area (Å²) >= 11 is 0. The van der Waals surface area contributed by atoms with Crippen molar-refractivity contribution in [1.82, 2.24) is 25.9 Å². The van der Waals surface area contributed by atoms with Gasteiger partial charge in [0.25, 0.3) is 5.91 Å². The molecule has 35 heavy (non-hydrogen) atoms. The average molecular weight is 493 g/mol. The average Bonchev–Trinajstić information content (AvgIpc) is 2.86. The van der Waals surface area contributed by atoms with E-state index in [4.69, 9.17) is 0 Å². The first-order valence-electron chi connectivity index (χ1n) is 11.1. The highest BCUT2D eigenvalue weighted by Gasteiger charge is 2.25. The molecule has 0 fully saturated rings. The van der Waals surface area contributed by atoms with Crippen LogP contribution in [0, 0.1) is 0 Å². The number of nitrogens with zero attached hydrogens (tertiary/aromatic N) is 3. The van der Waals surface area contributed by atoms with Crippen LogP contribution in [0.15, 0.2) is 70.7 Å². The van der Waals surface area contributed by atoms with Gasteiger partial charge in [0.15, 0.2) is 14.9 Å². The zero-order valence-electron chi connectivity index (χ0n) is 20.0. The van der Waals surface area contributed by atoms with Gasteiger partial charge >= 0.3 is 0 Å². The van der Waals surface area contributed by atoms with Crippen LogP contribution in [0.5, 0.6) is 0 Å². The number of carbonyl (C=O) groups excluding carboxylic acids is 1. The summed E-state index contributed by atoms with van der Waals surface area (Å²) in [7, 11) is -1.74. The summed E-state index contributed by atoms with van der Waals surface area (Å²) in [5.41, 5.74) is 2.87. The number of benzene rings is 1. The maximum Gasteiger partial charge on any atom is 0.251 e. The van der Waals surface area contributed by atoms with E-state index in [1.165, 1.54) is 12.3 Å². The first-order chi connectivity index (χ1) is 16.6. The maximum absolute atomic E-state index is 12.3. The summed E-state index contributed by atoms with van der Waals surface area (Å²) in [6.45, 7) is 4.82. The van der Waals surface area contributed by atoms with E-state index in [0.29, 0.717) is 12.1 Å². The molecule has 0 radical (unpaired) electrons. The van der Waals surface area contributed by atoms with Crippen LogP contribution in [0.2, 0.25) is 0 Å². The van der Waals surface area contributed by atoms with E-state index >= 15 is 0 Å². The van der Waals surface area contributed by atoms with Crippen molar-refractivity contribution in [3.8, 4) is 0 Å². The lowest BCUT2D eigenvalue weighted by atomic mass is 9.82. The van der Waals surface area contributed by atoms with Gasteiger partial charge in [-0.2, -0.15) is 0 Å². The van der Waals surface area contributed by atoms with Gasteiger partial charge in [0.2, 0.25) is 0 Å². The highest BCUT2D eigenvalue weighted by molar-refractivity contribution is 7.90. The molecule has 0 aliphatic carbocycles. The molecule has 1 aromatic carbocycles. The van der Waals surface area contributed by atoms with E-state index < -0.39 is 9.84 Å². The Hall–Kier alpha value is -3.79. The van der Waals surface area contributed by atoms with Crippen molar-refractivity contribution in [2.75, 3.05) is 19.8 Å². The highest BCUT2D eigenvalue weighted by Crippen LogP contribution is 2.30. The second-order valence-electron chi connectivity index (χ2n) is 9.03. The molecule has 0 saturated heterocycles. The fraction of sp³-hybridized carbons (Fsp3) is 0.280. The molecule has 3 heterocycles. The van der Waals surface area contributed by atoms with Crippen LogP contribution in [0.3, 0.4) is 0 Å². The standard InChI is InChI=1S/C25H28N6O3S/c1-25(2,19-7-5-6-17-18(24(32)26-3)10-11-27-23(17)19)14-29-21-12-20(30-15-31-21)16-8-9-22(28-13-16)35(4,33)34/h5-13,15,20,29H,14H2,1-4H3,(H,26,32)(H,30,31). The number of nitrogens with one attached hydrogen (secondary N) is 3. The Morgan fingerprint density at radius 3 is 2.63 bits per heavy atom. The number of hydrogen-bond acceptors (Lipinski definition) is 8. The smallest absolute Gasteiger partial charge is 0.251 e. The summed E-state index contributed by atoms with van der Waals surface area (Å²) in [4.78, 5) is 25.4. The van der Waals surface area contributed by atoms with Crippen molar-refractivity contribution < 1.29 is 13.2 Å². The second-order valence-corrected chi connectivity index (χ2v) is 11.0. The molecule has 1 atom stereocenters. The van der Waals surface area contributed by atoms with Crippen molar-refractivity contribution in [3.05, 3.63) is 77.4 Å². The van der Waals surface area contributed by atoms with Gasteiger partial charge in [0, 0.05) is 43.0 Å². The van der Waals surface area contributed by atoms with E-state index in [9.17, 15) is 13.2 Å². The molecular formula is C25H28N6O3S. The number of aliphatic imine (C=N–C) groups is 1. The SMILES string of the molecule is CNC(=O)c1ccnc2c(C(C)(C)CNC3=CC(c4ccc(S(C)(=O)=O)nc4)N=CN3)cccc12. The molecule has 182 valence electrons. The Kier molecular flexibility index (Phi) is 6.58. The Labute approximate surface area is 204 Å². The monoisotopic (exact) mass is 492 g/mol. The number of carbonyl (C=O) groups is 1. The van der Waals surface area contributed by atoms with Gasteiger partial charge < -0.3 is 16.0 Å². The zero-order chi connectivity index (χ0) is 25.2. The Balaban J connectivity index is 1.55. The van der Waals surface area contributed by atoms with Crippen molar-refractivity contribution in [2.24, 2.45) is 4.99 Å². The van der Waals surface area contributed by atoms with Gasteiger partial charge in [-0.1, -0.05) is 38.1 Å². The van der Waals surface area contributed by atoms with Gasteiger partial charge in [-0.05, 0) is 29.3 Å². The normalized spacial score (nSPS) is 15.9. The minimum Gasteiger partial charge on any atom is -0.371 e. The maximum atomic E-state index is 12.3. The van der Waals surface area contributed by atoms with E-state index in [0.717, 1.165) is 34.1 Å². The number of sulfone groups is 1. The fourth-order valence-corrected chi connectivity index (χ4v) is 4.54. The third-order valence-electron chi connectivity index (χ3n) is 5.95. The largest absolute Gasteiger partial charge is 0.371 e. The number of para-hydroxylation sites is 1. The minimum atomic E-state index is -3.35. The topological polar surface area (TPSA) is 125 Å². The van der Waals surface area contributed by atoms with Crippen molar-refractivity contribution in [3.63, 3.8) is 0 Å². The van der Waals surface area contributed by atoms with Crippen LogP contribution in [0.25, 0.3) is 10.9 Å². The van der Waals surface area contributed by atoms with Crippen LogP contribution >= 0.6 is 0 Å². The molecule has 1 aliphatic rings. The molecule has 4 rings (SSSR count). The van der Waals surface area contributed by atoms with Crippen LogP contribution in [-0.4, -0.2) is 50.5 Å². The van der Waals surface area contributed by atoms with Gasteiger partial charge in [-0.25, -0.2) is 13.4 Å². The molecule has 3 N–H and O–H groups in total. The summed E-state index contributed by atoms with van der Waals surface area (Å²) in [6.07, 6.45) is 7.87. The highest BCUT2D eigenvalue weighted by atomic mass is 32.2. The quantitative estimate of drug-likeness (QED) is 0.463. The van der Waals surface area contributed by atoms with Crippen LogP contribution in [-0.2, 0) is 15.3 Å². The Morgan fingerprint density at radius 2 is 1.94 bits per heavy atom. The molecular weight excluding hydrogens is 464 g/mol.